The van der Waals surface area contributed by atoms with Crippen LogP contribution in [0.2, 0.25) is 0 Å². The van der Waals surface area contributed by atoms with Gasteiger partial charge in [-0.2, -0.15) is 5.10 Å². The van der Waals surface area contributed by atoms with Crippen molar-refractivity contribution >= 4 is 12.1 Å². The molecule has 2 aromatic carbocycles. The van der Waals surface area contributed by atoms with Crippen molar-refractivity contribution in [3.05, 3.63) is 65.7 Å². The summed E-state index contributed by atoms with van der Waals surface area (Å²) in [7, 11) is 0. The summed E-state index contributed by atoms with van der Waals surface area (Å²) in [6, 6.07) is 17.0. The minimum Gasteiger partial charge on any atom is -0.484 e. The van der Waals surface area contributed by atoms with Gasteiger partial charge in [-0.1, -0.05) is 41.8 Å². The molecule has 4 heteroatoms. The summed E-state index contributed by atoms with van der Waals surface area (Å²) in [4.78, 5) is 11.5. The van der Waals surface area contributed by atoms with Crippen molar-refractivity contribution in [3.8, 4) is 17.6 Å². The minimum atomic E-state index is -0.335. The molecule has 0 saturated carbocycles. The summed E-state index contributed by atoms with van der Waals surface area (Å²) in [5, 5.41) is 3.73. The zero-order valence-electron chi connectivity index (χ0n) is 12.2. The summed E-state index contributed by atoms with van der Waals surface area (Å²) >= 11 is 0. The van der Waals surface area contributed by atoms with Crippen LogP contribution in [0.4, 0.5) is 0 Å². The Bertz CT molecular complexity index is 695. The number of ether oxygens (including phenoxy) is 1. The van der Waals surface area contributed by atoms with E-state index in [-0.39, 0.29) is 12.5 Å². The molecule has 0 atom stereocenters. The van der Waals surface area contributed by atoms with Crippen molar-refractivity contribution in [2.45, 2.75) is 6.92 Å². The Morgan fingerprint density at radius 2 is 1.91 bits per heavy atom. The maximum Gasteiger partial charge on any atom is 0.277 e. The van der Waals surface area contributed by atoms with Gasteiger partial charge in [0.25, 0.3) is 5.91 Å². The molecule has 0 radical (unpaired) electrons. The number of hydrogen-bond acceptors (Lipinski definition) is 3. The highest BCUT2D eigenvalue weighted by atomic mass is 16.5. The van der Waals surface area contributed by atoms with Gasteiger partial charge in [-0.3, -0.25) is 4.79 Å². The first-order valence-corrected chi connectivity index (χ1v) is 6.80. The molecule has 0 aromatic heterocycles. The predicted octanol–water partition coefficient (Wildman–Crippen LogP) is 2.53. The molecular formula is C18H16N2O2. The summed E-state index contributed by atoms with van der Waals surface area (Å²) in [5.41, 5.74) is 4.38. The second-order valence-electron chi connectivity index (χ2n) is 4.53. The van der Waals surface area contributed by atoms with E-state index in [1.165, 1.54) is 6.21 Å². The molecule has 0 fully saturated rings. The fourth-order valence-electron chi connectivity index (χ4n) is 1.59. The normalized spacial score (nSPS) is 9.86. The predicted molar refractivity (Wildman–Crippen MR) is 86.6 cm³/mol. The number of carbonyl (C=O) groups excluding carboxylic acids is 1. The molecule has 110 valence electrons. The van der Waals surface area contributed by atoms with Gasteiger partial charge >= 0.3 is 0 Å². The Labute approximate surface area is 129 Å². The molecule has 0 unspecified atom stereocenters. The van der Waals surface area contributed by atoms with E-state index in [9.17, 15) is 4.79 Å². The molecule has 0 heterocycles. The number of benzene rings is 2. The van der Waals surface area contributed by atoms with Crippen molar-refractivity contribution in [1.82, 2.24) is 5.43 Å². The van der Waals surface area contributed by atoms with Crippen LogP contribution >= 0.6 is 0 Å². The average molecular weight is 292 g/mol. The quantitative estimate of drug-likeness (QED) is 0.535. The van der Waals surface area contributed by atoms with Gasteiger partial charge in [0.2, 0.25) is 0 Å². The Morgan fingerprint density at radius 1 is 1.18 bits per heavy atom. The zero-order valence-corrected chi connectivity index (χ0v) is 12.2. The van der Waals surface area contributed by atoms with E-state index in [0.29, 0.717) is 5.75 Å². The Balaban J connectivity index is 1.72. The molecule has 0 aliphatic carbocycles. The molecule has 0 aliphatic heterocycles. The average Bonchev–Trinajstić information content (AvgIpc) is 2.55. The van der Waals surface area contributed by atoms with Gasteiger partial charge in [0, 0.05) is 5.56 Å². The summed E-state index contributed by atoms with van der Waals surface area (Å²) in [6.07, 6.45) is 1.34. The number of nitrogens with one attached hydrogen (secondary N) is 1. The monoisotopic (exact) mass is 292 g/mol. The van der Waals surface area contributed by atoms with Crippen LogP contribution in [0, 0.1) is 18.8 Å². The maximum absolute atomic E-state index is 11.5. The highest BCUT2D eigenvalue weighted by molar-refractivity contribution is 5.82. The number of aryl methyl sites for hydroxylation is 1. The summed E-state index contributed by atoms with van der Waals surface area (Å²) in [5.74, 6) is 5.95. The molecular weight excluding hydrogens is 276 g/mol. The first-order valence-electron chi connectivity index (χ1n) is 6.80. The molecule has 0 saturated heterocycles. The zero-order chi connectivity index (χ0) is 15.6. The largest absolute Gasteiger partial charge is 0.484 e. The molecule has 22 heavy (non-hydrogen) atoms. The molecule has 4 nitrogen and oxygen atoms in total. The second kappa shape index (κ2) is 8.28. The standard InChI is InChI=1S/C18H16N2O2/c1-15-9-11-17(12-10-15)22-14-18(21)20-19-13-5-8-16-6-3-2-4-7-16/h2-4,6-7,9-13H,14H2,1H3,(H,20,21)/b19-13+. The number of carbonyl (C=O) groups is 1. The van der Waals surface area contributed by atoms with Crippen molar-refractivity contribution < 1.29 is 9.53 Å². The summed E-state index contributed by atoms with van der Waals surface area (Å²) < 4.78 is 5.33. The second-order valence-corrected chi connectivity index (χ2v) is 4.53. The van der Waals surface area contributed by atoms with Crippen LogP contribution in [0.25, 0.3) is 0 Å². The van der Waals surface area contributed by atoms with Crippen LogP contribution in [-0.2, 0) is 4.79 Å². The number of rotatable bonds is 4. The first kappa shape index (κ1) is 15.3. The van der Waals surface area contributed by atoms with Gasteiger partial charge in [-0.25, -0.2) is 5.43 Å². The van der Waals surface area contributed by atoms with Crippen molar-refractivity contribution in [3.63, 3.8) is 0 Å². The van der Waals surface area contributed by atoms with Crippen LogP contribution in [0.5, 0.6) is 5.75 Å². The molecule has 0 aliphatic rings. The summed E-state index contributed by atoms with van der Waals surface area (Å²) in [6.45, 7) is 1.90. The third-order valence-electron chi connectivity index (χ3n) is 2.70. The number of nitrogens with zero attached hydrogens (tertiary/aromatic N) is 1. The van der Waals surface area contributed by atoms with Crippen LogP contribution in [0.15, 0.2) is 59.7 Å². The third kappa shape index (κ3) is 5.51. The van der Waals surface area contributed by atoms with Gasteiger partial charge < -0.3 is 4.74 Å². The lowest BCUT2D eigenvalue weighted by Gasteiger charge is -2.04. The first-order chi connectivity index (χ1) is 10.7. The third-order valence-corrected chi connectivity index (χ3v) is 2.70. The Hall–Kier alpha value is -3.06. The topological polar surface area (TPSA) is 50.7 Å². The molecule has 0 spiro atoms. The lowest BCUT2D eigenvalue weighted by Crippen LogP contribution is -2.24. The van der Waals surface area contributed by atoms with Crippen LogP contribution in [-0.4, -0.2) is 18.7 Å². The van der Waals surface area contributed by atoms with Crippen LogP contribution < -0.4 is 10.2 Å². The van der Waals surface area contributed by atoms with Gasteiger partial charge in [-0.15, -0.1) is 0 Å². The number of hydrazone groups is 1. The number of hydrogen-bond donors (Lipinski definition) is 1. The minimum absolute atomic E-state index is 0.0908. The maximum atomic E-state index is 11.5. The van der Waals surface area contributed by atoms with E-state index < -0.39 is 0 Å². The highest BCUT2D eigenvalue weighted by Crippen LogP contribution is 2.10. The van der Waals surface area contributed by atoms with E-state index in [1.54, 1.807) is 0 Å². The van der Waals surface area contributed by atoms with E-state index in [0.717, 1.165) is 11.1 Å². The fraction of sp³-hybridized carbons (Fsp3) is 0.111. The molecule has 2 aromatic rings. The Morgan fingerprint density at radius 3 is 2.64 bits per heavy atom. The Kier molecular flexibility index (Phi) is 5.77. The lowest BCUT2D eigenvalue weighted by atomic mass is 10.2. The van der Waals surface area contributed by atoms with E-state index >= 15 is 0 Å². The fourth-order valence-corrected chi connectivity index (χ4v) is 1.59. The van der Waals surface area contributed by atoms with Crippen molar-refractivity contribution in [2.75, 3.05) is 6.61 Å². The molecule has 0 bridgehead atoms. The van der Waals surface area contributed by atoms with Gasteiger partial charge in [0.15, 0.2) is 6.61 Å². The van der Waals surface area contributed by atoms with Gasteiger partial charge in [0.1, 0.15) is 5.75 Å². The van der Waals surface area contributed by atoms with E-state index in [4.69, 9.17) is 4.74 Å². The molecule has 1 N–H and O–H groups in total. The van der Waals surface area contributed by atoms with Gasteiger partial charge in [-0.05, 0) is 37.1 Å². The lowest BCUT2D eigenvalue weighted by molar-refractivity contribution is -0.123. The van der Waals surface area contributed by atoms with Gasteiger partial charge in [0.05, 0.1) is 6.21 Å². The van der Waals surface area contributed by atoms with Crippen LogP contribution in [0.3, 0.4) is 0 Å². The van der Waals surface area contributed by atoms with E-state index in [1.807, 2.05) is 61.5 Å². The number of amides is 1. The SMILES string of the molecule is Cc1ccc(OCC(=O)N/N=C/C#Cc2ccccc2)cc1. The highest BCUT2D eigenvalue weighted by Gasteiger charge is 2.00. The van der Waals surface area contributed by atoms with Crippen LogP contribution in [0.1, 0.15) is 11.1 Å². The van der Waals surface area contributed by atoms with Crippen molar-refractivity contribution in [1.29, 1.82) is 0 Å². The molecule has 1 amide bonds. The molecule has 2 rings (SSSR count). The smallest absolute Gasteiger partial charge is 0.277 e. The van der Waals surface area contributed by atoms with E-state index in [2.05, 4.69) is 22.4 Å². The van der Waals surface area contributed by atoms with Crippen molar-refractivity contribution in [2.24, 2.45) is 5.10 Å².